The van der Waals surface area contributed by atoms with E-state index in [1.165, 1.54) is 10.7 Å². The highest BCUT2D eigenvalue weighted by Crippen LogP contribution is 2.13. The van der Waals surface area contributed by atoms with E-state index >= 15 is 0 Å². The summed E-state index contributed by atoms with van der Waals surface area (Å²) in [4.78, 5) is 12.2. The van der Waals surface area contributed by atoms with Crippen LogP contribution in [0.5, 0.6) is 0 Å². The van der Waals surface area contributed by atoms with Gasteiger partial charge in [-0.2, -0.15) is 0 Å². The van der Waals surface area contributed by atoms with Crippen LogP contribution in [-0.2, 0) is 17.9 Å². The summed E-state index contributed by atoms with van der Waals surface area (Å²) in [6, 6.07) is 12.9. The number of halogens is 2. The summed E-state index contributed by atoms with van der Waals surface area (Å²) < 4.78 is 32.9. The van der Waals surface area contributed by atoms with Crippen LogP contribution in [0.15, 0.2) is 48.5 Å². The van der Waals surface area contributed by atoms with E-state index in [1.807, 2.05) is 30.3 Å². The standard InChI is InChI=1S/C18H15F2N3O2/c1-12-17(18(24)25-11-13-5-3-2-4-6-13)21-22-23(12)10-14-7-8-15(19)16(20)9-14/h2-9H,10-11H2,1H3. The molecule has 0 saturated heterocycles. The van der Waals surface area contributed by atoms with E-state index in [0.717, 1.165) is 17.7 Å². The van der Waals surface area contributed by atoms with Gasteiger partial charge in [0.05, 0.1) is 12.2 Å². The number of nitrogens with zero attached hydrogens (tertiary/aromatic N) is 3. The number of benzene rings is 2. The smallest absolute Gasteiger partial charge is 0.361 e. The van der Waals surface area contributed by atoms with Crippen LogP contribution < -0.4 is 0 Å². The van der Waals surface area contributed by atoms with E-state index in [2.05, 4.69) is 10.3 Å². The molecule has 0 spiro atoms. The van der Waals surface area contributed by atoms with Gasteiger partial charge in [-0.1, -0.05) is 41.6 Å². The quantitative estimate of drug-likeness (QED) is 0.667. The van der Waals surface area contributed by atoms with E-state index in [9.17, 15) is 13.6 Å². The Morgan fingerprint density at radius 3 is 2.56 bits per heavy atom. The van der Waals surface area contributed by atoms with Crippen molar-refractivity contribution >= 4 is 5.97 Å². The maximum atomic E-state index is 13.3. The van der Waals surface area contributed by atoms with E-state index in [4.69, 9.17) is 4.74 Å². The van der Waals surface area contributed by atoms with Crippen molar-refractivity contribution in [3.8, 4) is 0 Å². The maximum absolute atomic E-state index is 13.3. The molecule has 3 aromatic rings. The normalized spacial score (nSPS) is 10.7. The zero-order valence-electron chi connectivity index (χ0n) is 13.4. The van der Waals surface area contributed by atoms with Crippen LogP contribution in [0.25, 0.3) is 0 Å². The fourth-order valence-corrected chi connectivity index (χ4v) is 2.30. The van der Waals surface area contributed by atoms with Gasteiger partial charge in [-0.25, -0.2) is 18.3 Å². The molecule has 7 heteroatoms. The molecule has 0 atom stereocenters. The fraction of sp³-hybridized carbons (Fsp3) is 0.167. The minimum absolute atomic E-state index is 0.0958. The van der Waals surface area contributed by atoms with Crippen LogP contribution in [0.3, 0.4) is 0 Å². The predicted octanol–water partition coefficient (Wildman–Crippen LogP) is 3.27. The van der Waals surface area contributed by atoms with Crippen LogP contribution in [0.1, 0.15) is 27.3 Å². The molecule has 0 aliphatic carbocycles. The van der Waals surface area contributed by atoms with Gasteiger partial charge in [-0.3, -0.25) is 0 Å². The average Bonchev–Trinajstić information content (AvgIpc) is 2.98. The Balaban J connectivity index is 1.69. The first-order valence-electron chi connectivity index (χ1n) is 7.59. The molecule has 2 aromatic carbocycles. The molecule has 0 aliphatic heterocycles. The van der Waals surface area contributed by atoms with Gasteiger partial charge < -0.3 is 4.74 Å². The minimum Gasteiger partial charge on any atom is -0.456 e. The van der Waals surface area contributed by atoms with Gasteiger partial charge in [-0.15, -0.1) is 5.10 Å². The van der Waals surface area contributed by atoms with Gasteiger partial charge >= 0.3 is 5.97 Å². The lowest BCUT2D eigenvalue weighted by molar-refractivity contribution is 0.0464. The minimum atomic E-state index is -0.933. The van der Waals surface area contributed by atoms with Crippen molar-refractivity contribution in [2.75, 3.05) is 0 Å². The van der Waals surface area contributed by atoms with Crippen molar-refractivity contribution in [1.29, 1.82) is 0 Å². The van der Waals surface area contributed by atoms with Crippen molar-refractivity contribution in [1.82, 2.24) is 15.0 Å². The molecule has 3 rings (SSSR count). The molecule has 0 radical (unpaired) electrons. The number of carbonyl (C=O) groups is 1. The molecule has 25 heavy (non-hydrogen) atoms. The Labute approximate surface area is 142 Å². The van der Waals surface area contributed by atoms with Gasteiger partial charge in [0.15, 0.2) is 17.3 Å². The van der Waals surface area contributed by atoms with Crippen molar-refractivity contribution in [2.24, 2.45) is 0 Å². The van der Waals surface area contributed by atoms with Crippen molar-refractivity contribution < 1.29 is 18.3 Å². The van der Waals surface area contributed by atoms with E-state index < -0.39 is 17.6 Å². The predicted molar refractivity (Wildman–Crippen MR) is 85.8 cm³/mol. The molecule has 1 aromatic heterocycles. The van der Waals surface area contributed by atoms with Crippen LogP contribution in [0.4, 0.5) is 8.78 Å². The summed E-state index contributed by atoms with van der Waals surface area (Å²) in [5, 5.41) is 7.72. The zero-order valence-corrected chi connectivity index (χ0v) is 13.4. The van der Waals surface area contributed by atoms with Gasteiger partial charge in [0.25, 0.3) is 0 Å². The molecule has 5 nitrogen and oxygen atoms in total. The lowest BCUT2D eigenvalue weighted by Gasteiger charge is -2.05. The second-order valence-electron chi connectivity index (χ2n) is 5.49. The van der Waals surface area contributed by atoms with Gasteiger partial charge in [0.1, 0.15) is 6.61 Å². The number of esters is 1. The number of hydrogen-bond donors (Lipinski definition) is 0. The lowest BCUT2D eigenvalue weighted by atomic mass is 10.2. The van der Waals surface area contributed by atoms with Crippen molar-refractivity contribution in [3.05, 3.63) is 82.7 Å². The second-order valence-corrected chi connectivity index (χ2v) is 5.49. The van der Waals surface area contributed by atoms with Crippen LogP contribution in [0, 0.1) is 18.6 Å². The average molecular weight is 343 g/mol. The Morgan fingerprint density at radius 1 is 1.08 bits per heavy atom. The summed E-state index contributed by atoms with van der Waals surface area (Å²) in [5.41, 5.74) is 1.96. The summed E-state index contributed by atoms with van der Waals surface area (Å²) in [5.74, 6) is -2.43. The summed E-state index contributed by atoms with van der Waals surface area (Å²) >= 11 is 0. The maximum Gasteiger partial charge on any atom is 0.361 e. The summed E-state index contributed by atoms with van der Waals surface area (Å²) in [6.45, 7) is 1.97. The molecular formula is C18H15F2N3O2. The third-order valence-corrected chi connectivity index (χ3v) is 3.71. The SMILES string of the molecule is Cc1c(C(=O)OCc2ccccc2)nnn1Cc1ccc(F)c(F)c1. The largest absolute Gasteiger partial charge is 0.456 e. The van der Waals surface area contributed by atoms with Crippen LogP contribution in [-0.4, -0.2) is 21.0 Å². The van der Waals surface area contributed by atoms with Gasteiger partial charge in [-0.05, 0) is 30.2 Å². The summed E-state index contributed by atoms with van der Waals surface area (Å²) in [6.07, 6.45) is 0. The highest BCUT2D eigenvalue weighted by Gasteiger charge is 2.18. The topological polar surface area (TPSA) is 57.0 Å². The third kappa shape index (κ3) is 3.88. The molecule has 128 valence electrons. The number of aromatic nitrogens is 3. The molecule has 0 fully saturated rings. The Bertz CT molecular complexity index is 895. The monoisotopic (exact) mass is 343 g/mol. The van der Waals surface area contributed by atoms with Crippen LogP contribution in [0.2, 0.25) is 0 Å². The lowest BCUT2D eigenvalue weighted by Crippen LogP contribution is -2.09. The first-order valence-corrected chi connectivity index (χ1v) is 7.59. The first kappa shape index (κ1) is 16.8. The van der Waals surface area contributed by atoms with Gasteiger partial charge in [0, 0.05) is 0 Å². The molecule has 0 amide bonds. The molecule has 1 heterocycles. The molecule has 0 bridgehead atoms. The highest BCUT2D eigenvalue weighted by atomic mass is 19.2. The molecule has 0 N–H and O–H groups in total. The van der Waals surface area contributed by atoms with Gasteiger partial charge in [0.2, 0.25) is 0 Å². The summed E-state index contributed by atoms with van der Waals surface area (Å²) in [7, 11) is 0. The van der Waals surface area contributed by atoms with E-state index in [0.29, 0.717) is 11.3 Å². The fourth-order valence-electron chi connectivity index (χ4n) is 2.30. The Morgan fingerprint density at radius 2 is 1.84 bits per heavy atom. The molecule has 0 unspecified atom stereocenters. The number of rotatable bonds is 5. The third-order valence-electron chi connectivity index (χ3n) is 3.71. The first-order chi connectivity index (χ1) is 12.0. The number of ether oxygens (including phenoxy) is 1. The Kier molecular flexibility index (Phi) is 4.83. The second kappa shape index (κ2) is 7.21. The molecule has 0 aliphatic rings. The van der Waals surface area contributed by atoms with E-state index in [1.54, 1.807) is 6.92 Å². The van der Waals surface area contributed by atoms with E-state index in [-0.39, 0.29) is 18.8 Å². The highest BCUT2D eigenvalue weighted by molar-refractivity contribution is 5.88. The van der Waals surface area contributed by atoms with Crippen molar-refractivity contribution in [3.63, 3.8) is 0 Å². The Hall–Kier alpha value is -3.09. The molecule has 0 saturated carbocycles. The van der Waals surface area contributed by atoms with Crippen molar-refractivity contribution in [2.45, 2.75) is 20.1 Å². The number of hydrogen-bond acceptors (Lipinski definition) is 4. The number of carbonyl (C=O) groups excluding carboxylic acids is 1. The zero-order chi connectivity index (χ0) is 17.8. The van der Waals surface area contributed by atoms with Crippen LogP contribution >= 0.6 is 0 Å². The molecular weight excluding hydrogens is 328 g/mol.